The van der Waals surface area contributed by atoms with Crippen LogP contribution in [0.4, 0.5) is 0 Å². The first kappa shape index (κ1) is 17.8. The maximum atomic E-state index is 12.4. The second-order valence-electron chi connectivity index (χ2n) is 5.24. The summed E-state index contributed by atoms with van der Waals surface area (Å²) in [6, 6.07) is 7.89. The number of benzene rings is 1. The first-order valence-corrected chi connectivity index (χ1v) is 7.41. The van der Waals surface area contributed by atoms with Crippen molar-refractivity contribution in [3.63, 3.8) is 0 Å². The molecule has 0 bridgehead atoms. The van der Waals surface area contributed by atoms with E-state index >= 15 is 0 Å². The Labute approximate surface area is 133 Å². The largest absolute Gasteiger partial charge is 0.494 e. The fourth-order valence-electron chi connectivity index (χ4n) is 2.59. The second-order valence-corrected chi connectivity index (χ2v) is 5.24. The van der Waals surface area contributed by atoms with Crippen molar-refractivity contribution in [2.45, 2.75) is 38.8 Å². The van der Waals surface area contributed by atoms with Gasteiger partial charge in [0.1, 0.15) is 5.75 Å². The van der Waals surface area contributed by atoms with Gasteiger partial charge in [0.15, 0.2) is 0 Å². The fourth-order valence-corrected chi connectivity index (χ4v) is 2.59. The molecule has 2 rings (SSSR count). The average Bonchev–Trinajstić information content (AvgIpc) is 2.49. The Morgan fingerprint density at radius 2 is 2.14 bits per heavy atom. The van der Waals surface area contributed by atoms with Crippen molar-refractivity contribution in [3.05, 3.63) is 29.8 Å². The zero-order chi connectivity index (χ0) is 14.4. The molecule has 1 saturated heterocycles. The van der Waals surface area contributed by atoms with Gasteiger partial charge in [-0.15, -0.1) is 12.4 Å². The molecule has 1 fully saturated rings. The van der Waals surface area contributed by atoms with Gasteiger partial charge in [0.2, 0.25) is 5.91 Å². The first-order chi connectivity index (χ1) is 9.72. The van der Waals surface area contributed by atoms with E-state index in [9.17, 15) is 4.79 Å². The van der Waals surface area contributed by atoms with E-state index in [1.54, 1.807) is 4.90 Å². The van der Waals surface area contributed by atoms with Crippen molar-refractivity contribution < 1.29 is 9.53 Å². The molecule has 1 atom stereocenters. The van der Waals surface area contributed by atoms with E-state index < -0.39 is 0 Å². The summed E-state index contributed by atoms with van der Waals surface area (Å²) in [6.07, 6.45) is 3.24. The molecule has 4 nitrogen and oxygen atoms in total. The number of likely N-dealkylation sites (N-methyl/N-ethyl adjacent to an activating group) is 1. The minimum atomic E-state index is -0.0204. The lowest BCUT2D eigenvalue weighted by Crippen LogP contribution is -2.47. The van der Waals surface area contributed by atoms with E-state index in [2.05, 4.69) is 5.32 Å². The Balaban J connectivity index is 0.00000220. The molecule has 1 aliphatic heterocycles. The lowest BCUT2D eigenvalue weighted by atomic mass is 10.0. The Morgan fingerprint density at radius 1 is 1.38 bits per heavy atom. The Morgan fingerprint density at radius 3 is 2.81 bits per heavy atom. The molecule has 1 aromatic carbocycles. The highest BCUT2D eigenvalue weighted by Crippen LogP contribution is 2.20. The van der Waals surface area contributed by atoms with Gasteiger partial charge >= 0.3 is 0 Å². The number of hydrogen-bond acceptors (Lipinski definition) is 3. The van der Waals surface area contributed by atoms with E-state index in [-0.39, 0.29) is 24.4 Å². The van der Waals surface area contributed by atoms with Crippen molar-refractivity contribution in [1.29, 1.82) is 0 Å². The topological polar surface area (TPSA) is 41.6 Å². The molecule has 1 N–H and O–H groups in total. The molecule has 0 unspecified atom stereocenters. The molecular weight excluding hydrogens is 288 g/mol. The van der Waals surface area contributed by atoms with Crippen LogP contribution >= 0.6 is 12.4 Å². The molecular formula is C16H25ClN2O2. The predicted octanol–water partition coefficient (Wildman–Crippen LogP) is 2.61. The van der Waals surface area contributed by atoms with Gasteiger partial charge in [0.05, 0.1) is 12.6 Å². The minimum Gasteiger partial charge on any atom is -0.494 e. The minimum absolute atomic E-state index is 0. The highest BCUT2D eigenvalue weighted by atomic mass is 35.5. The number of amides is 1. The average molecular weight is 313 g/mol. The van der Waals surface area contributed by atoms with Crippen LogP contribution in [0.5, 0.6) is 5.75 Å². The molecule has 0 aliphatic carbocycles. The van der Waals surface area contributed by atoms with Crippen LogP contribution in [-0.4, -0.2) is 37.0 Å². The molecule has 0 radical (unpaired) electrons. The molecule has 0 aromatic heterocycles. The number of nitrogens with zero attached hydrogens (tertiary/aromatic N) is 1. The molecule has 1 amide bonds. The molecule has 118 valence electrons. The first-order valence-electron chi connectivity index (χ1n) is 7.41. The van der Waals surface area contributed by atoms with Crippen LogP contribution < -0.4 is 10.1 Å². The third-order valence-corrected chi connectivity index (χ3v) is 3.66. The van der Waals surface area contributed by atoms with Gasteiger partial charge in [0, 0.05) is 19.2 Å². The Bertz CT molecular complexity index is 448. The van der Waals surface area contributed by atoms with Crippen LogP contribution in [0.15, 0.2) is 24.3 Å². The number of nitrogens with one attached hydrogen (secondary N) is 1. The maximum Gasteiger partial charge on any atom is 0.239 e. The maximum absolute atomic E-state index is 12.4. The lowest BCUT2D eigenvalue weighted by molar-refractivity contribution is -0.133. The number of halogens is 1. The molecule has 1 aliphatic rings. The van der Waals surface area contributed by atoms with Crippen molar-refractivity contribution in [1.82, 2.24) is 10.2 Å². The van der Waals surface area contributed by atoms with Crippen LogP contribution in [0.3, 0.4) is 0 Å². The number of para-hydroxylation sites is 1. The number of hydrogen-bond donors (Lipinski definition) is 1. The lowest BCUT2D eigenvalue weighted by Gasteiger charge is -2.28. The van der Waals surface area contributed by atoms with Crippen molar-refractivity contribution in [3.8, 4) is 5.75 Å². The standard InChI is InChI=1S/C16H24N2O2.ClH/c1-3-20-15-10-5-4-8-13(15)12-18(2)16(19)14-9-6-7-11-17-14;/h4-5,8,10,14,17H,3,6-7,9,11-12H2,1-2H3;1H/t14-;/m0./s1. The summed E-state index contributed by atoms with van der Waals surface area (Å²) in [7, 11) is 1.86. The Hall–Kier alpha value is -1.26. The summed E-state index contributed by atoms with van der Waals surface area (Å²) in [5.41, 5.74) is 1.06. The summed E-state index contributed by atoms with van der Waals surface area (Å²) in [5, 5.41) is 3.30. The van der Waals surface area contributed by atoms with Gasteiger partial charge in [-0.05, 0) is 32.4 Å². The van der Waals surface area contributed by atoms with Crippen LogP contribution in [-0.2, 0) is 11.3 Å². The van der Waals surface area contributed by atoms with E-state index in [0.717, 1.165) is 30.7 Å². The highest BCUT2D eigenvalue weighted by Gasteiger charge is 2.23. The number of ether oxygens (including phenoxy) is 1. The Kier molecular flexibility index (Phi) is 7.54. The second kappa shape index (κ2) is 8.90. The van der Waals surface area contributed by atoms with Crippen molar-refractivity contribution in [2.75, 3.05) is 20.2 Å². The molecule has 21 heavy (non-hydrogen) atoms. The summed E-state index contributed by atoms with van der Waals surface area (Å²) in [4.78, 5) is 14.2. The highest BCUT2D eigenvalue weighted by molar-refractivity contribution is 5.85. The number of carbonyl (C=O) groups is 1. The number of carbonyl (C=O) groups excluding carboxylic acids is 1. The SMILES string of the molecule is CCOc1ccccc1CN(C)C(=O)[C@@H]1CCCCN1.Cl. The zero-order valence-electron chi connectivity index (χ0n) is 12.8. The summed E-state index contributed by atoms with van der Waals surface area (Å²) >= 11 is 0. The molecule has 1 aromatic rings. The monoisotopic (exact) mass is 312 g/mol. The fraction of sp³-hybridized carbons (Fsp3) is 0.562. The van der Waals surface area contributed by atoms with E-state index in [1.807, 2.05) is 38.2 Å². The van der Waals surface area contributed by atoms with Gasteiger partial charge in [-0.1, -0.05) is 24.6 Å². The summed E-state index contributed by atoms with van der Waals surface area (Å²) < 4.78 is 5.61. The third kappa shape index (κ3) is 4.90. The quantitative estimate of drug-likeness (QED) is 0.908. The number of rotatable bonds is 5. The van der Waals surface area contributed by atoms with Gasteiger partial charge in [-0.25, -0.2) is 0 Å². The van der Waals surface area contributed by atoms with Gasteiger partial charge in [-0.3, -0.25) is 4.79 Å². The van der Waals surface area contributed by atoms with Crippen LogP contribution in [0.25, 0.3) is 0 Å². The van der Waals surface area contributed by atoms with Crippen molar-refractivity contribution >= 4 is 18.3 Å². The van der Waals surface area contributed by atoms with Gasteiger partial charge < -0.3 is 15.0 Å². The van der Waals surface area contributed by atoms with E-state index in [0.29, 0.717) is 13.2 Å². The predicted molar refractivity (Wildman–Crippen MR) is 87.0 cm³/mol. The van der Waals surface area contributed by atoms with Gasteiger partial charge in [-0.2, -0.15) is 0 Å². The summed E-state index contributed by atoms with van der Waals surface area (Å²) in [6.45, 7) is 4.14. The molecule has 0 spiro atoms. The van der Waals surface area contributed by atoms with E-state index in [1.165, 1.54) is 6.42 Å². The number of piperidine rings is 1. The van der Waals surface area contributed by atoms with Crippen molar-refractivity contribution in [2.24, 2.45) is 0 Å². The molecule has 0 saturated carbocycles. The zero-order valence-corrected chi connectivity index (χ0v) is 13.6. The molecule has 1 heterocycles. The smallest absolute Gasteiger partial charge is 0.239 e. The molecule has 5 heteroatoms. The van der Waals surface area contributed by atoms with Crippen LogP contribution in [0, 0.1) is 0 Å². The third-order valence-electron chi connectivity index (χ3n) is 3.66. The van der Waals surface area contributed by atoms with Gasteiger partial charge in [0.25, 0.3) is 0 Å². The van der Waals surface area contributed by atoms with Crippen LogP contribution in [0.1, 0.15) is 31.7 Å². The van der Waals surface area contributed by atoms with Crippen LogP contribution in [0.2, 0.25) is 0 Å². The summed E-state index contributed by atoms with van der Waals surface area (Å²) in [5.74, 6) is 1.04. The normalized spacial score (nSPS) is 17.7. The van der Waals surface area contributed by atoms with E-state index in [4.69, 9.17) is 4.74 Å².